The van der Waals surface area contributed by atoms with E-state index in [0.29, 0.717) is 12.2 Å². The smallest absolute Gasteiger partial charge is 0.255 e. The molecule has 90 valence electrons. The van der Waals surface area contributed by atoms with Crippen molar-refractivity contribution in [1.82, 2.24) is 10.7 Å². The molecule has 0 saturated heterocycles. The minimum atomic E-state index is -2.36. The number of hydrazone groups is 1. The summed E-state index contributed by atoms with van der Waals surface area (Å²) in [6.45, 7) is 4.09. The summed E-state index contributed by atoms with van der Waals surface area (Å²) in [6, 6.07) is 0. The van der Waals surface area contributed by atoms with Crippen molar-refractivity contribution in [2.75, 3.05) is 13.1 Å². The van der Waals surface area contributed by atoms with Crippen molar-refractivity contribution in [2.45, 2.75) is 20.3 Å². The molecule has 0 aromatic heterocycles. The Morgan fingerprint density at radius 3 is 2.94 bits per heavy atom. The van der Waals surface area contributed by atoms with E-state index in [2.05, 4.69) is 20.8 Å². The van der Waals surface area contributed by atoms with Gasteiger partial charge < -0.3 is 10.7 Å². The fourth-order valence-electron chi connectivity index (χ4n) is 1.07. The fraction of sp³-hybridized carbons (Fsp3) is 0.600. The van der Waals surface area contributed by atoms with Crippen LogP contribution in [0.5, 0.6) is 0 Å². The highest BCUT2D eigenvalue weighted by atomic mass is 19.3. The molecule has 1 aliphatic heterocycles. The Balaban J connectivity index is 2.51. The topological polar surface area (TPSA) is 48.8 Å². The molecule has 1 heterocycles. The van der Waals surface area contributed by atoms with Gasteiger partial charge in [0.15, 0.2) is 0 Å². The predicted octanol–water partition coefficient (Wildman–Crippen LogP) is 1.37. The lowest BCUT2D eigenvalue weighted by molar-refractivity contribution is 0.150. The highest BCUT2D eigenvalue weighted by Gasteiger charge is 2.06. The molecule has 0 bridgehead atoms. The predicted molar refractivity (Wildman–Crippen MR) is 60.9 cm³/mol. The zero-order chi connectivity index (χ0) is 12.0. The SMILES string of the molecule is CC(C)C1=NNC/C(=C\NCC(F)F)N=C1. The molecule has 4 nitrogen and oxygen atoms in total. The normalized spacial score (nSPS) is 18.6. The maximum atomic E-state index is 11.9. The Morgan fingerprint density at radius 2 is 2.31 bits per heavy atom. The van der Waals surface area contributed by atoms with E-state index in [9.17, 15) is 8.78 Å². The van der Waals surface area contributed by atoms with Crippen LogP contribution in [0.2, 0.25) is 0 Å². The molecule has 2 N–H and O–H groups in total. The number of rotatable bonds is 4. The van der Waals surface area contributed by atoms with E-state index in [1.807, 2.05) is 13.8 Å². The lowest BCUT2D eigenvalue weighted by atomic mass is 10.1. The van der Waals surface area contributed by atoms with E-state index in [-0.39, 0.29) is 12.5 Å². The highest BCUT2D eigenvalue weighted by molar-refractivity contribution is 6.31. The zero-order valence-electron chi connectivity index (χ0n) is 9.37. The van der Waals surface area contributed by atoms with Gasteiger partial charge >= 0.3 is 0 Å². The third-order valence-electron chi connectivity index (χ3n) is 1.96. The van der Waals surface area contributed by atoms with Crippen molar-refractivity contribution in [3.63, 3.8) is 0 Å². The van der Waals surface area contributed by atoms with Gasteiger partial charge in [-0.3, -0.25) is 4.99 Å². The Hall–Kier alpha value is -1.46. The molecule has 0 unspecified atom stereocenters. The van der Waals surface area contributed by atoms with Crippen molar-refractivity contribution in [3.8, 4) is 0 Å². The van der Waals surface area contributed by atoms with Crippen LogP contribution in [0.4, 0.5) is 8.78 Å². The molecule has 0 aliphatic carbocycles. The molecule has 16 heavy (non-hydrogen) atoms. The Morgan fingerprint density at radius 1 is 1.56 bits per heavy atom. The Labute approximate surface area is 93.5 Å². The number of alkyl halides is 2. The summed E-state index contributed by atoms with van der Waals surface area (Å²) < 4.78 is 23.7. The molecule has 1 rings (SSSR count). The maximum absolute atomic E-state index is 11.9. The molecule has 0 atom stereocenters. The van der Waals surface area contributed by atoms with Crippen LogP contribution in [0, 0.1) is 5.92 Å². The van der Waals surface area contributed by atoms with Crippen LogP contribution < -0.4 is 10.7 Å². The molecule has 6 heteroatoms. The second-order valence-corrected chi connectivity index (χ2v) is 3.72. The van der Waals surface area contributed by atoms with E-state index < -0.39 is 6.43 Å². The van der Waals surface area contributed by atoms with Gasteiger partial charge in [0.1, 0.15) is 0 Å². The Bertz CT molecular complexity index is 308. The standard InChI is InChI=1S/C10H16F2N4/c1-7(2)9-5-14-8(4-15-16-9)3-13-6-10(11)12/h3,5,7,10,13,15H,4,6H2,1-2H3/b8-3+. The summed E-state index contributed by atoms with van der Waals surface area (Å²) in [5.41, 5.74) is 4.33. The van der Waals surface area contributed by atoms with Crippen molar-refractivity contribution in [3.05, 3.63) is 11.9 Å². The largest absolute Gasteiger partial charge is 0.384 e. The van der Waals surface area contributed by atoms with Crippen LogP contribution in [0.3, 0.4) is 0 Å². The molecule has 0 amide bonds. The summed E-state index contributed by atoms with van der Waals surface area (Å²) in [5.74, 6) is 0.282. The van der Waals surface area contributed by atoms with Crippen LogP contribution in [0.25, 0.3) is 0 Å². The van der Waals surface area contributed by atoms with Gasteiger partial charge in [0.2, 0.25) is 0 Å². The second-order valence-electron chi connectivity index (χ2n) is 3.72. The maximum Gasteiger partial charge on any atom is 0.255 e. The lowest BCUT2D eigenvalue weighted by Gasteiger charge is -2.02. The van der Waals surface area contributed by atoms with Crippen LogP contribution in [-0.2, 0) is 0 Å². The molecular formula is C10H16F2N4. The van der Waals surface area contributed by atoms with Crippen LogP contribution >= 0.6 is 0 Å². The van der Waals surface area contributed by atoms with E-state index in [4.69, 9.17) is 0 Å². The van der Waals surface area contributed by atoms with Gasteiger partial charge in [0, 0.05) is 6.20 Å². The molecule has 0 saturated carbocycles. The van der Waals surface area contributed by atoms with Crippen molar-refractivity contribution in [2.24, 2.45) is 16.0 Å². The summed E-state index contributed by atoms with van der Waals surface area (Å²) >= 11 is 0. The molecule has 0 aromatic rings. The molecule has 0 radical (unpaired) electrons. The quantitative estimate of drug-likeness (QED) is 0.766. The molecule has 0 aromatic carbocycles. The van der Waals surface area contributed by atoms with Crippen molar-refractivity contribution < 1.29 is 8.78 Å². The van der Waals surface area contributed by atoms with Gasteiger partial charge in [-0.2, -0.15) is 5.10 Å². The fourth-order valence-corrected chi connectivity index (χ4v) is 1.07. The first kappa shape index (κ1) is 12.6. The van der Waals surface area contributed by atoms with Gasteiger partial charge in [0.05, 0.1) is 30.7 Å². The number of hydrogen-bond acceptors (Lipinski definition) is 4. The van der Waals surface area contributed by atoms with E-state index in [1.165, 1.54) is 6.20 Å². The molecule has 0 spiro atoms. The number of halogens is 2. The van der Waals surface area contributed by atoms with E-state index >= 15 is 0 Å². The molecular weight excluding hydrogens is 214 g/mol. The average Bonchev–Trinajstić information content (AvgIpc) is 2.42. The molecule has 1 aliphatic rings. The summed E-state index contributed by atoms with van der Waals surface area (Å²) in [4.78, 5) is 4.16. The number of aliphatic imine (C=N–C) groups is 1. The number of nitrogens with one attached hydrogen (secondary N) is 2. The number of nitrogens with zero attached hydrogens (tertiary/aromatic N) is 2. The molecule has 0 fully saturated rings. The highest BCUT2D eigenvalue weighted by Crippen LogP contribution is 2.01. The summed E-state index contributed by atoms with van der Waals surface area (Å²) in [5, 5.41) is 6.63. The number of hydrogen-bond donors (Lipinski definition) is 2. The van der Waals surface area contributed by atoms with Gasteiger partial charge in [0.25, 0.3) is 6.43 Å². The third-order valence-corrected chi connectivity index (χ3v) is 1.96. The minimum absolute atomic E-state index is 0.282. The van der Waals surface area contributed by atoms with Gasteiger partial charge in [-0.1, -0.05) is 13.8 Å². The third kappa shape index (κ3) is 4.37. The first-order valence-electron chi connectivity index (χ1n) is 5.14. The first-order chi connectivity index (χ1) is 7.59. The minimum Gasteiger partial charge on any atom is -0.384 e. The monoisotopic (exact) mass is 230 g/mol. The lowest BCUT2D eigenvalue weighted by Crippen LogP contribution is -2.17. The van der Waals surface area contributed by atoms with Crippen LogP contribution in [0.15, 0.2) is 22.0 Å². The van der Waals surface area contributed by atoms with Crippen molar-refractivity contribution >= 4 is 11.9 Å². The summed E-state index contributed by atoms with van der Waals surface area (Å²) in [7, 11) is 0. The van der Waals surface area contributed by atoms with Gasteiger partial charge in [-0.25, -0.2) is 8.78 Å². The van der Waals surface area contributed by atoms with E-state index in [0.717, 1.165) is 5.71 Å². The van der Waals surface area contributed by atoms with Crippen LogP contribution in [-0.4, -0.2) is 31.4 Å². The van der Waals surface area contributed by atoms with E-state index in [1.54, 1.807) is 6.21 Å². The van der Waals surface area contributed by atoms with Crippen molar-refractivity contribution in [1.29, 1.82) is 0 Å². The average molecular weight is 230 g/mol. The Kier molecular flexibility index (Phi) is 4.88. The summed E-state index contributed by atoms with van der Waals surface area (Å²) in [6.07, 6.45) is 0.775. The van der Waals surface area contributed by atoms with Gasteiger partial charge in [-0.15, -0.1) is 0 Å². The van der Waals surface area contributed by atoms with Crippen LogP contribution in [0.1, 0.15) is 13.8 Å². The zero-order valence-corrected chi connectivity index (χ0v) is 9.37. The first-order valence-corrected chi connectivity index (χ1v) is 5.14. The second kappa shape index (κ2) is 6.19. The van der Waals surface area contributed by atoms with Gasteiger partial charge in [-0.05, 0) is 5.92 Å².